The fourth-order valence-electron chi connectivity index (χ4n) is 2.84. The van der Waals surface area contributed by atoms with Crippen LogP contribution in [-0.2, 0) is 0 Å². The van der Waals surface area contributed by atoms with Crippen molar-refractivity contribution < 1.29 is 0 Å². The average Bonchev–Trinajstić information content (AvgIpc) is 3.14. The van der Waals surface area contributed by atoms with E-state index in [4.69, 9.17) is 0 Å². The third kappa shape index (κ3) is 1.66. The molecule has 0 spiro atoms. The molecule has 0 fully saturated rings. The number of thiophene rings is 4. The molecule has 4 heterocycles. The Hall–Kier alpha value is -1.14. The van der Waals surface area contributed by atoms with Crippen molar-refractivity contribution in [2.24, 2.45) is 0 Å². The minimum Gasteiger partial charge on any atom is -0.380 e. The molecule has 0 saturated heterocycles. The highest BCUT2D eigenvalue weighted by Gasteiger charge is 2.14. The molecule has 5 rings (SSSR count). The zero-order chi connectivity index (χ0) is 14.1. The van der Waals surface area contributed by atoms with Crippen molar-refractivity contribution in [2.45, 2.75) is 6.92 Å². The maximum atomic E-state index is 3.26. The molecule has 21 heavy (non-hydrogen) atoms. The molecular weight excluding hydrogens is 334 g/mol. The summed E-state index contributed by atoms with van der Waals surface area (Å²) in [6, 6.07) is 9.38. The quantitative estimate of drug-likeness (QED) is 0.348. The second kappa shape index (κ2) is 4.20. The molecule has 5 heteroatoms. The molecule has 0 amide bonds. The Balaban J connectivity index is 1.95. The molecule has 1 aromatic carbocycles. The summed E-state index contributed by atoms with van der Waals surface area (Å²) < 4.78 is 8.55. The molecule has 5 aromatic rings. The summed E-state index contributed by atoms with van der Waals surface area (Å²) >= 11 is 7.62. The molecular formula is C16H11NS4. The predicted molar refractivity (Wildman–Crippen MR) is 102 cm³/mol. The molecule has 0 atom stereocenters. The van der Waals surface area contributed by atoms with Gasteiger partial charge < -0.3 is 5.32 Å². The van der Waals surface area contributed by atoms with Crippen LogP contribution < -0.4 is 5.32 Å². The number of nitrogens with one attached hydrogen (secondary N) is 1. The zero-order valence-electron chi connectivity index (χ0n) is 11.4. The molecule has 104 valence electrons. The number of aryl methyl sites for hydroxylation is 1. The van der Waals surface area contributed by atoms with E-state index in [0.29, 0.717) is 0 Å². The standard InChI is InChI=1S/C16H11NS4/c1-7-3-12-15(18-7)8-4-9-11(5-10(8)19-12)20-13-6-14(17-2)21-16(9)13/h3-6,17H,1-2H3. The summed E-state index contributed by atoms with van der Waals surface area (Å²) in [7, 11) is 1.99. The number of hydrogen-bond acceptors (Lipinski definition) is 5. The average molecular weight is 346 g/mol. The summed E-state index contributed by atoms with van der Waals surface area (Å²) in [5.74, 6) is 0. The summed E-state index contributed by atoms with van der Waals surface area (Å²) in [5.41, 5.74) is 0. The Morgan fingerprint density at radius 3 is 2.10 bits per heavy atom. The largest absolute Gasteiger partial charge is 0.380 e. The topological polar surface area (TPSA) is 12.0 Å². The molecule has 0 radical (unpaired) electrons. The SMILES string of the molecule is CNc1cc2sc3cc4sc5cc(C)sc5c4cc3c2s1. The Morgan fingerprint density at radius 2 is 1.38 bits per heavy atom. The van der Waals surface area contributed by atoms with Crippen LogP contribution in [0.3, 0.4) is 0 Å². The van der Waals surface area contributed by atoms with Crippen molar-refractivity contribution in [1.29, 1.82) is 0 Å². The van der Waals surface area contributed by atoms with Gasteiger partial charge in [0.15, 0.2) is 0 Å². The Labute approximate surface area is 137 Å². The highest BCUT2D eigenvalue weighted by atomic mass is 32.1. The van der Waals surface area contributed by atoms with Gasteiger partial charge >= 0.3 is 0 Å². The number of hydrogen-bond donors (Lipinski definition) is 1. The van der Waals surface area contributed by atoms with Crippen molar-refractivity contribution in [3.05, 3.63) is 29.1 Å². The minimum absolute atomic E-state index is 1.25. The lowest BCUT2D eigenvalue weighted by Crippen LogP contribution is -1.79. The Morgan fingerprint density at radius 1 is 0.714 bits per heavy atom. The molecule has 0 saturated carbocycles. The highest BCUT2D eigenvalue weighted by molar-refractivity contribution is 7.35. The van der Waals surface area contributed by atoms with Gasteiger partial charge in [-0.25, -0.2) is 0 Å². The van der Waals surface area contributed by atoms with E-state index < -0.39 is 0 Å². The van der Waals surface area contributed by atoms with Gasteiger partial charge in [-0.3, -0.25) is 0 Å². The van der Waals surface area contributed by atoms with Crippen LogP contribution >= 0.6 is 45.3 Å². The fourth-order valence-corrected chi connectivity index (χ4v) is 7.75. The van der Waals surface area contributed by atoms with Crippen molar-refractivity contribution in [3.8, 4) is 0 Å². The van der Waals surface area contributed by atoms with Crippen LogP contribution in [0.5, 0.6) is 0 Å². The van der Waals surface area contributed by atoms with Crippen LogP contribution in [0.4, 0.5) is 5.00 Å². The first-order valence-electron chi connectivity index (χ1n) is 6.69. The van der Waals surface area contributed by atoms with Gasteiger partial charge in [0.2, 0.25) is 0 Å². The van der Waals surface area contributed by atoms with Gasteiger partial charge in [-0.2, -0.15) is 0 Å². The van der Waals surface area contributed by atoms with E-state index in [2.05, 4.69) is 36.5 Å². The summed E-state index contributed by atoms with van der Waals surface area (Å²) in [6.07, 6.45) is 0. The number of benzene rings is 1. The molecule has 1 nitrogen and oxygen atoms in total. The van der Waals surface area contributed by atoms with Gasteiger partial charge in [-0.1, -0.05) is 0 Å². The van der Waals surface area contributed by atoms with Crippen molar-refractivity contribution in [1.82, 2.24) is 0 Å². The number of anilines is 1. The second-order valence-corrected chi connectivity index (χ2v) is 9.63. The maximum Gasteiger partial charge on any atom is 0.0901 e. The van der Waals surface area contributed by atoms with E-state index >= 15 is 0 Å². The van der Waals surface area contributed by atoms with Gasteiger partial charge in [-0.15, -0.1) is 45.3 Å². The third-order valence-corrected chi connectivity index (χ3v) is 8.50. The number of rotatable bonds is 1. The molecule has 0 aliphatic heterocycles. The minimum atomic E-state index is 1.25. The molecule has 0 bridgehead atoms. The normalized spacial score (nSPS) is 12.3. The molecule has 4 aromatic heterocycles. The third-order valence-electron chi connectivity index (χ3n) is 3.78. The molecule has 1 N–H and O–H groups in total. The Kier molecular flexibility index (Phi) is 2.48. The summed E-state index contributed by atoms with van der Waals surface area (Å²) in [4.78, 5) is 1.40. The first-order chi connectivity index (χ1) is 10.2. The van der Waals surface area contributed by atoms with Crippen molar-refractivity contribution >= 4 is 89.3 Å². The maximum absolute atomic E-state index is 3.26. The zero-order valence-corrected chi connectivity index (χ0v) is 14.7. The monoisotopic (exact) mass is 345 g/mol. The lowest BCUT2D eigenvalue weighted by molar-refractivity contribution is 1.60. The van der Waals surface area contributed by atoms with E-state index in [9.17, 15) is 0 Å². The van der Waals surface area contributed by atoms with Gasteiger partial charge in [0.05, 0.1) is 14.4 Å². The lowest BCUT2D eigenvalue weighted by Gasteiger charge is -1.93. The Bertz CT molecular complexity index is 1140. The second-order valence-electron chi connectivity index (χ2n) is 5.15. The summed E-state index contributed by atoms with van der Waals surface area (Å²) in [5, 5.41) is 7.36. The summed E-state index contributed by atoms with van der Waals surface area (Å²) in [6.45, 7) is 2.20. The molecule has 0 unspecified atom stereocenters. The van der Waals surface area contributed by atoms with E-state index in [1.54, 1.807) is 0 Å². The number of fused-ring (bicyclic) bond motifs is 6. The van der Waals surface area contributed by atoms with E-state index in [-0.39, 0.29) is 0 Å². The van der Waals surface area contributed by atoms with E-state index in [0.717, 1.165) is 0 Å². The van der Waals surface area contributed by atoms with Crippen LogP contribution in [0.2, 0.25) is 0 Å². The van der Waals surface area contributed by atoms with Gasteiger partial charge in [0, 0.05) is 41.5 Å². The fraction of sp³-hybridized carbons (Fsp3) is 0.125. The van der Waals surface area contributed by atoms with Gasteiger partial charge in [0.25, 0.3) is 0 Å². The van der Waals surface area contributed by atoms with E-state index in [1.807, 2.05) is 52.4 Å². The van der Waals surface area contributed by atoms with Crippen LogP contribution in [0.1, 0.15) is 4.88 Å². The van der Waals surface area contributed by atoms with Gasteiger partial charge in [-0.05, 0) is 31.2 Å². The predicted octanol–water partition coefficient (Wildman–Crippen LogP) is 6.90. The first kappa shape index (κ1) is 12.4. The first-order valence-corrected chi connectivity index (χ1v) is 9.96. The van der Waals surface area contributed by atoms with Crippen LogP contribution in [0, 0.1) is 6.92 Å². The van der Waals surface area contributed by atoms with Crippen molar-refractivity contribution in [2.75, 3.05) is 12.4 Å². The highest BCUT2D eigenvalue weighted by Crippen LogP contribution is 2.46. The van der Waals surface area contributed by atoms with Crippen LogP contribution in [0.25, 0.3) is 39.0 Å². The van der Waals surface area contributed by atoms with E-state index in [1.165, 1.54) is 48.9 Å². The van der Waals surface area contributed by atoms with Gasteiger partial charge in [0.1, 0.15) is 0 Å². The lowest BCUT2D eigenvalue weighted by atomic mass is 10.2. The molecule has 0 aliphatic rings. The smallest absolute Gasteiger partial charge is 0.0901 e. The molecule has 0 aliphatic carbocycles. The van der Waals surface area contributed by atoms with Crippen molar-refractivity contribution in [3.63, 3.8) is 0 Å². The van der Waals surface area contributed by atoms with Crippen LogP contribution in [-0.4, -0.2) is 7.05 Å². The van der Waals surface area contributed by atoms with Crippen LogP contribution in [0.15, 0.2) is 24.3 Å².